The van der Waals surface area contributed by atoms with Gasteiger partial charge in [0.25, 0.3) is 0 Å². The Kier molecular flexibility index (Phi) is 5.72. The maximum Gasteiger partial charge on any atom is 0.416 e. The van der Waals surface area contributed by atoms with Crippen LogP contribution in [0.25, 0.3) is 22.0 Å². The quantitative estimate of drug-likeness (QED) is 0.362. The van der Waals surface area contributed by atoms with Crippen molar-refractivity contribution in [2.45, 2.75) is 32.6 Å². The summed E-state index contributed by atoms with van der Waals surface area (Å²) < 4.78 is 38.4. The van der Waals surface area contributed by atoms with Crippen LogP contribution in [0.3, 0.4) is 0 Å². The van der Waals surface area contributed by atoms with E-state index in [0.717, 1.165) is 54.5 Å². The second-order valence-corrected chi connectivity index (χ2v) is 9.26. The van der Waals surface area contributed by atoms with Gasteiger partial charge in [0.1, 0.15) is 5.01 Å². The summed E-state index contributed by atoms with van der Waals surface area (Å²) in [5.41, 5.74) is 4.31. The van der Waals surface area contributed by atoms with Gasteiger partial charge in [-0.15, -0.1) is 11.3 Å². The predicted molar refractivity (Wildman–Crippen MR) is 123 cm³/mol. The Morgan fingerprint density at radius 1 is 1.00 bits per heavy atom. The third-order valence-corrected chi connectivity index (χ3v) is 6.81. The average molecular weight is 467 g/mol. The monoisotopic (exact) mass is 466 g/mol. The number of halogens is 3. The summed E-state index contributed by atoms with van der Waals surface area (Å²) in [6.45, 7) is 4.49. The van der Waals surface area contributed by atoms with Crippen LogP contribution in [0, 0.1) is 6.92 Å². The predicted octanol–water partition coefficient (Wildman–Crippen LogP) is 6.15. The standard InChI is InChI=1S/C25H21F3N4S/c1-16-4-2-3-5-21(16)24-30-13-20(33-24)15-32-11-10-22-18(14-32)12-29-23(31-22)17-6-8-19(9-7-17)25(26,27)28/h2-9,12-13H,10-11,14-15H2,1H3. The number of alkyl halides is 3. The van der Waals surface area contributed by atoms with Gasteiger partial charge in [-0.25, -0.2) is 15.0 Å². The highest BCUT2D eigenvalue weighted by atomic mass is 32.1. The van der Waals surface area contributed by atoms with Gasteiger partial charge in [-0.1, -0.05) is 36.4 Å². The Balaban J connectivity index is 1.28. The van der Waals surface area contributed by atoms with Gasteiger partial charge < -0.3 is 0 Å². The van der Waals surface area contributed by atoms with E-state index < -0.39 is 11.7 Å². The minimum Gasteiger partial charge on any atom is -0.293 e. The average Bonchev–Trinajstić information content (AvgIpc) is 3.26. The zero-order valence-electron chi connectivity index (χ0n) is 17.9. The van der Waals surface area contributed by atoms with E-state index in [9.17, 15) is 13.2 Å². The van der Waals surface area contributed by atoms with Crippen LogP contribution in [0.2, 0.25) is 0 Å². The third kappa shape index (κ3) is 4.67. The number of nitrogens with zero attached hydrogens (tertiary/aromatic N) is 4. The van der Waals surface area contributed by atoms with Crippen LogP contribution >= 0.6 is 11.3 Å². The van der Waals surface area contributed by atoms with Gasteiger partial charge >= 0.3 is 6.18 Å². The molecule has 4 aromatic rings. The highest BCUT2D eigenvalue weighted by Crippen LogP contribution is 2.31. The largest absolute Gasteiger partial charge is 0.416 e. The lowest BCUT2D eigenvalue weighted by atomic mass is 10.1. The van der Waals surface area contributed by atoms with Crippen LogP contribution in [0.4, 0.5) is 13.2 Å². The zero-order valence-corrected chi connectivity index (χ0v) is 18.7. The van der Waals surface area contributed by atoms with Gasteiger partial charge in [0.15, 0.2) is 5.82 Å². The molecule has 0 radical (unpaired) electrons. The molecular formula is C25H21F3N4S. The first-order chi connectivity index (χ1) is 15.9. The van der Waals surface area contributed by atoms with Crippen LogP contribution in [-0.4, -0.2) is 26.4 Å². The van der Waals surface area contributed by atoms with E-state index in [4.69, 9.17) is 0 Å². The molecule has 0 saturated heterocycles. The summed E-state index contributed by atoms with van der Waals surface area (Å²) in [5.74, 6) is 0.459. The lowest BCUT2D eigenvalue weighted by Crippen LogP contribution is -2.30. The maximum atomic E-state index is 12.8. The van der Waals surface area contributed by atoms with E-state index in [1.54, 1.807) is 17.5 Å². The van der Waals surface area contributed by atoms with Gasteiger partial charge in [0.05, 0.1) is 11.3 Å². The zero-order chi connectivity index (χ0) is 23.0. The first-order valence-corrected chi connectivity index (χ1v) is 11.4. The van der Waals surface area contributed by atoms with E-state index in [2.05, 4.69) is 38.9 Å². The molecule has 0 N–H and O–H groups in total. The summed E-state index contributed by atoms with van der Waals surface area (Å²) in [6.07, 6.45) is 0.172. The molecule has 0 saturated carbocycles. The molecule has 5 rings (SSSR count). The van der Waals surface area contributed by atoms with Crippen LogP contribution in [0.15, 0.2) is 60.9 Å². The molecular weight excluding hydrogens is 445 g/mol. The molecule has 0 amide bonds. The highest BCUT2D eigenvalue weighted by molar-refractivity contribution is 7.15. The Morgan fingerprint density at radius 2 is 1.79 bits per heavy atom. The van der Waals surface area contributed by atoms with Crippen molar-refractivity contribution in [2.75, 3.05) is 6.54 Å². The van der Waals surface area contributed by atoms with Crippen molar-refractivity contribution in [1.82, 2.24) is 19.9 Å². The van der Waals surface area contributed by atoms with E-state index in [1.165, 1.54) is 28.1 Å². The van der Waals surface area contributed by atoms with E-state index in [-0.39, 0.29) is 0 Å². The van der Waals surface area contributed by atoms with Crippen molar-refractivity contribution in [3.05, 3.63) is 88.2 Å². The molecule has 0 bridgehead atoms. The number of fused-ring (bicyclic) bond motifs is 1. The van der Waals surface area contributed by atoms with Crippen LogP contribution in [0.1, 0.15) is 27.3 Å². The highest BCUT2D eigenvalue weighted by Gasteiger charge is 2.30. The minimum atomic E-state index is -4.35. The first kappa shape index (κ1) is 21.7. The Bertz CT molecular complexity index is 1280. The molecule has 2 aromatic heterocycles. The number of rotatable bonds is 4. The lowest BCUT2D eigenvalue weighted by Gasteiger charge is -2.27. The van der Waals surface area contributed by atoms with E-state index in [1.807, 2.05) is 18.3 Å². The van der Waals surface area contributed by atoms with Crippen molar-refractivity contribution in [3.63, 3.8) is 0 Å². The molecule has 0 spiro atoms. The summed E-state index contributed by atoms with van der Waals surface area (Å²) in [6, 6.07) is 13.2. The van der Waals surface area contributed by atoms with Crippen molar-refractivity contribution in [2.24, 2.45) is 0 Å². The normalized spacial score (nSPS) is 14.3. The van der Waals surface area contributed by atoms with Gasteiger partial charge in [-0.05, 0) is 24.6 Å². The molecule has 1 aliphatic rings. The van der Waals surface area contributed by atoms with Gasteiger partial charge in [0.2, 0.25) is 0 Å². The Morgan fingerprint density at radius 3 is 2.55 bits per heavy atom. The van der Waals surface area contributed by atoms with Crippen molar-refractivity contribution >= 4 is 11.3 Å². The molecule has 168 valence electrons. The fourth-order valence-electron chi connectivity index (χ4n) is 4.00. The fraction of sp³-hybridized carbons (Fsp3) is 0.240. The summed E-state index contributed by atoms with van der Waals surface area (Å²) in [4.78, 5) is 17.2. The second-order valence-electron chi connectivity index (χ2n) is 8.15. The summed E-state index contributed by atoms with van der Waals surface area (Å²) in [5, 5.41) is 1.03. The molecule has 1 aliphatic heterocycles. The molecule has 3 heterocycles. The minimum absolute atomic E-state index is 0.459. The van der Waals surface area contributed by atoms with E-state index in [0.29, 0.717) is 11.4 Å². The van der Waals surface area contributed by atoms with E-state index >= 15 is 0 Å². The third-order valence-electron chi connectivity index (χ3n) is 5.79. The maximum absolute atomic E-state index is 12.8. The molecule has 0 unspecified atom stereocenters. The number of hydrogen-bond donors (Lipinski definition) is 0. The van der Waals surface area contributed by atoms with Crippen LogP contribution < -0.4 is 0 Å². The Labute approximate surface area is 193 Å². The number of hydrogen-bond acceptors (Lipinski definition) is 5. The number of aromatic nitrogens is 3. The first-order valence-electron chi connectivity index (χ1n) is 10.6. The number of aryl methyl sites for hydroxylation is 1. The molecule has 2 aromatic carbocycles. The van der Waals surface area contributed by atoms with Gasteiger partial charge in [0, 0.05) is 60.0 Å². The van der Waals surface area contributed by atoms with Crippen molar-refractivity contribution in [1.29, 1.82) is 0 Å². The van der Waals surface area contributed by atoms with Crippen LogP contribution in [0.5, 0.6) is 0 Å². The topological polar surface area (TPSA) is 41.9 Å². The van der Waals surface area contributed by atoms with Gasteiger partial charge in [-0.3, -0.25) is 4.90 Å². The Hall–Kier alpha value is -3.10. The molecule has 8 heteroatoms. The fourth-order valence-corrected chi connectivity index (χ4v) is 5.04. The SMILES string of the molecule is Cc1ccccc1-c1ncc(CN2CCc3nc(-c4ccc(C(F)(F)F)cc4)ncc3C2)s1. The lowest BCUT2D eigenvalue weighted by molar-refractivity contribution is -0.137. The summed E-state index contributed by atoms with van der Waals surface area (Å²) >= 11 is 1.71. The second kappa shape index (κ2) is 8.68. The van der Waals surface area contributed by atoms with Crippen molar-refractivity contribution < 1.29 is 13.2 Å². The van der Waals surface area contributed by atoms with Crippen molar-refractivity contribution in [3.8, 4) is 22.0 Å². The smallest absolute Gasteiger partial charge is 0.293 e. The molecule has 0 aliphatic carbocycles. The summed E-state index contributed by atoms with van der Waals surface area (Å²) in [7, 11) is 0. The molecule has 0 atom stereocenters. The molecule has 33 heavy (non-hydrogen) atoms. The van der Waals surface area contributed by atoms with Gasteiger partial charge in [-0.2, -0.15) is 13.2 Å². The molecule has 0 fully saturated rings. The van der Waals surface area contributed by atoms with Crippen LogP contribution in [-0.2, 0) is 25.7 Å². The molecule has 4 nitrogen and oxygen atoms in total. The number of thiazole rings is 1. The number of benzene rings is 2.